The lowest BCUT2D eigenvalue weighted by Crippen LogP contribution is -2.36. The van der Waals surface area contributed by atoms with Crippen molar-refractivity contribution >= 4 is 23.2 Å². The third-order valence-corrected chi connectivity index (χ3v) is 7.58. The molecule has 2 aliphatic rings. The van der Waals surface area contributed by atoms with Gasteiger partial charge in [-0.05, 0) is 80.0 Å². The van der Waals surface area contributed by atoms with Crippen molar-refractivity contribution in [3.8, 4) is 0 Å². The van der Waals surface area contributed by atoms with Crippen LogP contribution in [0.1, 0.15) is 63.1 Å². The molecular formula is C31H29F6N3O2. The Balaban J connectivity index is 1.36. The van der Waals surface area contributed by atoms with Crippen molar-refractivity contribution in [2.45, 2.75) is 50.5 Å². The molecule has 2 amide bonds. The van der Waals surface area contributed by atoms with Crippen LogP contribution in [0.25, 0.3) is 0 Å². The topological polar surface area (TPSA) is 61.4 Å². The number of carbonyl (C=O) groups excluding carboxylic acids is 2. The third-order valence-electron chi connectivity index (χ3n) is 7.58. The molecule has 2 fully saturated rings. The van der Waals surface area contributed by atoms with Gasteiger partial charge in [-0.3, -0.25) is 9.59 Å². The Labute approximate surface area is 238 Å². The lowest BCUT2D eigenvalue weighted by atomic mass is 9.89. The number of halogens is 6. The number of hydrogen-bond acceptors (Lipinski definition) is 3. The second kappa shape index (κ2) is 11.7. The van der Waals surface area contributed by atoms with Crippen LogP contribution < -0.4 is 15.5 Å². The molecular weight excluding hydrogens is 560 g/mol. The maximum atomic E-state index is 13.3. The predicted octanol–water partition coefficient (Wildman–Crippen LogP) is 7.33. The van der Waals surface area contributed by atoms with Gasteiger partial charge in [0.25, 0.3) is 11.8 Å². The lowest BCUT2D eigenvalue weighted by Gasteiger charge is -2.35. The highest BCUT2D eigenvalue weighted by Gasteiger charge is 2.37. The summed E-state index contributed by atoms with van der Waals surface area (Å²) in [5.74, 6) is -1.02. The molecule has 5 nitrogen and oxygen atoms in total. The number of alkyl halides is 6. The van der Waals surface area contributed by atoms with Gasteiger partial charge in [0, 0.05) is 36.1 Å². The van der Waals surface area contributed by atoms with E-state index in [-0.39, 0.29) is 29.3 Å². The molecule has 1 heterocycles. The van der Waals surface area contributed by atoms with E-state index in [0.717, 1.165) is 32.1 Å². The average molecular weight is 590 g/mol. The van der Waals surface area contributed by atoms with E-state index in [4.69, 9.17) is 0 Å². The summed E-state index contributed by atoms with van der Waals surface area (Å²) in [5.41, 5.74) is -1.69. The number of piperidine rings is 1. The van der Waals surface area contributed by atoms with Gasteiger partial charge in [-0.1, -0.05) is 30.3 Å². The minimum Gasteiger partial charge on any atom is -0.371 e. The molecule has 0 spiro atoms. The van der Waals surface area contributed by atoms with Gasteiger partial charge in [-0.15, -0.1) is 0 Å². The van der Waals surface area contributed by atoms with E-state index in [1.807, 2.05) is 18.2 Å². The Morgan fingerprint density at radius 1 is 0.762 bits per heavy atom. The number of amides is 2. The summed E-state index contributed by atoms with van der Waals surface area (Å²) < 4.78 is 79.7. The van der Waals surface area contributed by atoms with Gasteiger partial charge >= 0.3 is 12.4 Å². The zero-order chi connectivity index (χ0) is 30.1. The highest BCUT2D eigenvalue weighted by atomic mass is 19.4. The number of hydrogen-bond donors (Lipinski definition) is 2. The summed E-state index contributed by atoms with van der Waals surface area (Å²) in [6.07, 6.45) is -5.69. The normalized spacial score (nSPS) is 16.3. The Morgan fingerprint density at radius 2 is 1.38 bits per heavy atom. The highest BCUT2D eigenvalue weighted by molar-refractivity contribution is 6.06. The van der Waals surface area contributed by atoms with E-state index < -0.39 is 35.0 Å². The molecule has 1 aliphatic heterocycles. The van der Waals surface area contributed by atoms with Crippen molar-refractivity contribution in [3.63, 3.8) is 0 Å². The predicted molar refractivity (Wildman–Crippen MR) is 146 cm³/mol. The Kier molecular flexibility index (Phi) is 8.21. The molecule has 0 aromatic heterocycles. The van der Waals surface area contributed by atoms with Gasteiger partial charge in [0.15, 0.2) is 0 Å². The van der Waals surface area contributed by atoms with Gasteiger partial charge in [-0.2, -0.15) is 26.3 Å². The van der Waals surface area contributed by atoms with Gasteiger partial charge < -0.3 is 15.5 Å². The Bertz CT molecular complexity index is 1410. The van der Waals surface area contributed by atoms with Crippen LogP contribution in [0.5, 0.6) is 0 Å². The molecule has 0 radical (unpaired) electrons. The molecule has 0 bridgehead atoms. The van der Waals surface area contributed by atoms with Crippen LogP contribution in [0.3, 0.4) is 0 Å². The van der Waals surface area contributed by atoms with Crippen molar-refractivity contribution in [1.29, 1.82) is 0 Å². The van der Waals surface area contributed by atoms with E-state index in [2.05, 4.69) is 27.7 Å². The molecule has 1 saturated carbocycles. The number of carbonyl (C=O) groups is 2. The minimum atomic E-state index is -5.08. The first-order chi connectivity index (χ1) is 19.9. The largest absolute Gasteiger partial charge is 0.416 e. The number of anilines is 2. The van der Waals surface area contributed by atoms with E-state index >= 15 is 0 Å². The SMILES string of the molecule is O=C(Nc1ccc(N2CCC(Cc3ccccc3)CC2)c(C(=O)NC2CC2)c1)c1cc(C(F)(F)F)cc(C(F)(F)F)c1. The summed E-state index contributed by atoms with van der Waals surface area (Å²) >= 11 is 0. The maximum Gasteiger partial charge on any atom is 0.416 e. The van der Waals surface area contributed by atoms with E-state index in [1.54, 1.807) is 6.07 Å². The first kappa shape index (κ1) is 29.5. The number of nitrogens with zero attached hydrogens (tertiary/aromatic N) is 1. The van der Waals surface area contributed by atoms with E-state index in [9.17, 15) is 35.9 Å². The van der Waals surface area contributed by atoms with Crippen LogP contribution >= 0.6 is 0 Å². The van der Waals surface area contributed by atoms with Crippen LogP contribution in [-0.2, 0) is 18.8 Å². The van der Waals surface area contributed by atoms with Crippen LogP contribution in [0.2, 0.25) is 0 Å². The number of benzene rings is 3. The molecule has 3 aromatic rings. The van der Waals surface area contributed by atoms with Crippen LogP contribution in [-0.4, -0.2) is 30.9 Å². The zero-order valence-corrected chi connectivity index (χ0v) is 22.5. The van der Waals surface area contributed by atoms with Crippen molar-refractivity contribution < 1.29 is 35.9 Å². The first-order valence-electron chi connectivity index (χ1n) is 13.7. The van der Waals surface area contributed by atoms with Gasteiger partial charge in [0.1, 0.15) is 0 Å². The Morgan fingerprint density at radius 3 is 1.95 bits per heavy atom. The maximum absolute atomic E-state index is 13.3. The van der Waals surface area contributed by atoms with Gasteiger partial charge in [0.05, 0.1) is 16.7 Å². The van der Waals surface area contributed by atoms with E-state index in [0.29, 0.717) is 36.8 Å². The Hall–Kier alpha value is -4.02. The van der Waals surface area contributed by atoms with Crippen molar-refractivity contribution in [3.05, 3.63) is 94.5 Å². The number of rotatable bonds is 7. The summed E-state index contributed by atoms with van der Waals surface area (Å²) in [7, 11) is 0. The standard InChI is InChI=1S/C31H29F6N3O2/c32-30(33,34)22-15-21(16-23(17-22)31(35,36)37)28(41)39-25-8-9-27(26(18-25)29(42)38-24-6-7-24)40-12-10-20(11-13-40)14-19-4-2-1-3-5-19/h1-5,8-9,15-18,20,24H,6-7,10-14H2,(H,38,42)(H,39,41). The number of nitrogens with one attached hydrogen (secondary N) is 2. The van der Waals surface area contributed by atoms with Crippen molar-refractivity contribution in [1.82, 2.24) is 5.32 Å². The third kappa shape index (κ3) is 7.24. The van der Waals surface area contributed by atoms with Crippen molar-refractivity contribution in [2.75, 3.05) is 23.3 Å². The minimum absolute atomic E-state index is 0.0328. The van der Waals surface area contributed by atoms with Gasteiger partial charge in [0.2, 0.25) is 0 Å². The summed E-state index contributed by atoms with van der Waals surface area (Å²) in [5, 5.41) is 5.30. The average Bonchev–Trinajstić information content (AvgIpc) is 3.77. The molecule has 0 atom stereocenters. The molecule has 42 heavy (non-hydrogen) atoms. The second-order valence-electron chi connectivity index (χ2n) is 10.8. The van der Waals surface area contributed by atoms with Crippen LogP contribution in [0, 0.1) is 5.92 Å². The molecule has 1 aliphatic carbocycles. The monoisotopic (exact) mass is 589 g/mol. The summed E-state index contributed by atoms with van der Waals surface area (Å²) in [4.78, 5) is 28.1. The summed E-state index contributed by atoms with van der Waals surface area (Å²) in [6.45, 7) is 1.41. The molecule has 2 N–H and O–H groups in total. The fourth-order valence-corrected chi connectivity index (χ4v) is 5.18. The lowest BCUT2D eigenvalue weighted by molar-refractivity contribution is -0.143. The molecule has 222 valence electrons. The van der Waals surface area contributed by atoms with Crippen molar-refractivity contribution in [2.24, 2.45) is 5.92 Å². The second-order valence-corrected chi connectivity index (χ2v) is 10.8. The molecule has 3 aromatic carbocycles. The molecule has 11 heteroatoms. The van der Waals surface area contributed by atoms with E-state index in [1.165, 1.54) is 17.7 Å². The molecule has 1 saturated heterocycles. The first-order valence-corrected chi connectivity index (χ1v) is 13.7. The molecule has 0 unspecified atom stereocenters. The zero-order valence-electron chi connectivity index (χ0n) is 22.5. The van der Waals surface area contributed by atoms with Gasteiger partial charge in [-0.25, -0.2) is 0 Å². The quantitative estimate of drug-likeness (QED) is 0.284. The molecule has 5 rings (SSSR count). The highest BCUT2D eigenvalue weighted by Crippen LogP contribution is 2.37. The smallest absolute Gasteiger partial charge is 0.371 e. The van der Waals surface area contributed by atoms with Crippen LogP contribution in [0.15, 0.2) is 66.7 Å². The fourth-order valence-electron chi connectivity index (χ4n) is 5.18. The fraction of sp³-hybridized carbons (Fsp3) is 0.355. The summed E-state index contributed by atoms with van der Waals surface area (Å²) in [6, 6.07) is 15.5. The van der Waals surface area contributed by atoms with Crippen LogP contribution in [0.4, 0.5) is 37.7 Å².